The topological polar surface area (TPSA) is 43.4 Å². The lowest BCUT2D eigenvalue weighted by atomic mass is 9.97. The first-order valence-electron chi connectivity index (χ1n) is 6.70. The van der Waals surface area contributed by atoms with E-state index in [2.05, 4.69) is 47.8 Å². The smallest absolute Gasteiger partial charge is 0.150 e. The molecule has 0 saturated heterocycles. The van der Waals surface area contributed by atoms with Gasteiger partial charge in [-0.3, -0.25) is 0 Å². The molecule has 0 heterocycles. The molecule has 0 N–H and O–H groups in total. The second kappa shape index (κ2) is 7.32. The van der Waals surface area contributed by atoms with Gasteiger partial charge in [-0.05, 0) is 68.8 Å². The Morgan fingerprint density at radius 3 is 2.38 bits per heavy atom. The van der Waals surface area contributed by atoms with Crippen molar-refractivity contribution in [1.82, 2.24) is 0 Å². The summed E-state index contributed by atoms with van der Waals surface area (Å²) in [6, 6.07) is 4.01. The average molecular weight is 505 g/mol. The minimum atomic E-state index is -2.99. The molecule has 0 spiro atoms. The van der Waals surface area contributed by atoms with Crippen LogP contribution in [0.1, 0.15) is 31.2 Å². The van der Waals surface area contributed by atoms with Crippen LogP contribution >= 0.6 is 47.8 Å². The normalized spacial score (nSPS) is 23.0. The number of ether oxygens (including phenoxy) is 1. The first kappa shape index (κ1) is 17.8. The molecule has 2 unspecified atom stereocenters. The molecular formula is C14H17Br3O3S. The van der Waals surface area contributed by atoms with Crippen LogP contribution in [0.25, 0.3) is 0 Å². The van der Waals surface area contributed by atoms with Gasteiger partial charge in [0.1, 0.15) is 21.7 Å². The maximum Gasteiger partial charge on any atom is 0.150 e. The van der Waals surface area contributed by atoms with Crippen LogP contribution in [0, 0.1) is 0 Å². The largest absolute Gasteiger partial charge is 0.488 e. The molecule has 1 fully saturated rings. The summed E-state index contributed by atoms with van der Waals surface area (Å²) < 4.78 is 31.3. The number of benzene rings is 1. The van der Waals surface area contributed by atoms with Gasteiger partial charge in [-0.25, -0.2) is 8.42 Å². The van der Waals surface area contributed by atoms with Crippen LogP contribution in [-0.4, -0.2) is 26.0 Å². The van der Waals surface area contributed by atoms with Crippen LogP contribution in [0.15, 0.2) is 21.1 Å². The molecule has 0 bridgehead atoms. The Morgan fingerprint density at radius 1 is 1.24 bits per heavy atom. The third-order valence-electron chi connectivity index (χ3n) is 3.68. The number of rotatable bonds is 4. The first-order chi connectivity index (χ1) is 9.81. The summed E-state index contributed by atoms with van der Waals surface area (Å²) in [5.41, 5.74) is 1.14. The van der Waals surface area contributed by atoms with E-state index in [1.807, 2.05) is 12.1 Å². The molecule has 0 radical (unpaired) electrons. The van der Waals surface area contributed by atoms with Crippen molar-refractivity contribution in [2.45, 2.75) is 42.4 Å². The van der Waals surface area contributed by atoms with E-state index < -0.39 is 9.84 Å². The van der Waals surface area contributed by atoms with Gasteiger partial charge in [-0.2, -0.15) is 0 Å². The second-order valence-electron chi connectivity index (χ2n) is 5.38. The van der Waals surface area contributed by atoms with Crippen molar-refractivity contribution in [3.8, 4) is 5.75 Å². The van der Waals surface area contributed by atoms with Crippen molar-refractivity contribution in [3.63, 3.8) is 0 Å². The lowest BCUT2D eigenvalue weighted by Crippen LogP contribution is -2.33. The minimum absolute atomic E-state index is 0.0547. The van der Waals surface area contributed by atoms with E-state index in [0.717, 1.165) is 44.9 Å². The highest BCUT2D eigenvalue weighted by atomic mass is 79.9. The van der Waals surface area contributed by atoms with E-state index in [9.17, 15) is 8.42 Å². The van der Waals surface area contributed by atoms with Crippen LogP contribution in [-0.2, 0) is 15.2 Å². The molecule has 1 aliphatic rings. The number of sulfone groups is 1. The Labute approximate surface area is 151 Å². The van der Waals surface area contributed by atoms with E-state index in [1.54, 1.807) is 0 Å². The van der Waals surface area contributed by atoms with Gasteiger partial charge in [0, 0.05) is 18.0 Å². The van der Waals surface area contributed by atoms with Gasteiger partial charge in [-0.15, -0.1) is 0 Å². The van der Waals surface area contributed by atoms with Crippen molar-refractivity contribution >= 4 is 57.6 Å². The first-order valence-corrected chi connectivity index (χ1v) is 11.4. The van der Waals surface area contributed by atoms with Gasteiger partial charge in [0.2, 0.25) is 0 Å². The van der Waals surface area contributed by atoms with Crippen LogP contribution in [0.4, 0.5) is 0 Å². The zero-order chi connectivity index (χ0) is 15.6. The van der Waals surface area contributed by atoms with E-state index >= 15 is 0 Å². The van der Waals surface area contributed by atoms with Gasteiger partial charge in [0.25, 0.3) is 0 Å². The fraction of sp³-hybridized carbons (Fsp3) is 0.571. The summed E-state index contributed by atoms with van der Waals surface area (Å²) in [4.78, 5) is 0. The molecule has 1 saturated carbocycles. The molecule has 1 aromatic carbocycles. The monoisotopic (exact) mass is 502 g/mol. The molecule has 1 aliphatic carbocycles. The standard InChI is InChI=1S/C14H17Br3O3S/c1-21(18,19)11-4-2-3-10(7-11)20-14-12(16)5-9(8-15)6-13(14)17/h5-6,10-11H,2-4,7-8H2,1H3. The van der Waals surface area contributed by atoms with E-state index in [1.165, 1.54) is 6.26 Å². The molecule has 0 aromatic heterocycles. The highest BCUT2D eigenvalue weighted by Crippen LogP contribution is 2.38. The summed E-state index contributed by atoms with van der Waals surface area (Å²) in [5.74, 6) is 0.749. The Balaban J connectivity index is 2.15. The predicted octanol–water partition coefficient (Wildman–Crippen LogP) is 4.84. The number of alkyl halides is 1. The fourth-order valence-electron chi connectivity index (χ4n) is 2.57. The summed E-state index contributed by atoms with van der Waals surface area (Å²) >= 11 is 10.5. The number of hydrogen-bond acceptors (Lipinski definition) is 3. The molecule has 7 heteroatoms. The molecular weight excluding hydrogens is 488 g/mol. The van der Waals surface area contributed by atoms with Gasteiger partial charge < -0.3 is 4.74 Å². The Hall–Kier alpha value is 0.410. The molecule has 118 valence electrons. The third kappa shape index (κ3) is 4.69. The molecule has 2 rings (SSSR count). The van der Waals surface area contributed by atoms with Gasteiger partial charge in [0.05, 0.1) is 14.2 Å². The van der Waals surface area contributed by atoms with Gasteiger partial charge in [0.15, 0.2) is 0 Å². The molecule has 3 nitrogen and oxygen atoms in total. The van der Waals surface area contributed by atoms with E-state index in [4.69, 9.17) is 4.74 Å². The van der Waals surface area contributed by atoms with E-state index in [-0.39, 0.29) is 11.4 Å². The molecule has 0 aliphatic heterocycles. The number of hydrogen-bond donors (Lipinski definition) is 0. The van der Waals surface area contributed by atoms with Crippen LogP contribution in [0.3, 0.4) is 0 Å². The van der Waals surface area contributed by atoms with Crippen LogP contribution < -0.4 is 4.74 Å². The zero-order valence-corrected chi connectivity index (χ0v) is 17.2. The average Bonchev–Trinajstić information content (AvgIpc) is 2.42. The minimum Gasteiger partial charge on any atom is -0.488 e. The Morgan fingerprint density at radius 2 is 1.86 bits per heavy atom. The molecule has 21 heavy (non-hydrogen) atoms. The summed E-state index contributed by atoms with van der Waals surface area (Å²) in [6.45, 7) is 0. The maximum atomic E-state index is 11.7. The quantitative estimate of drug-likeness (QED) is 0.551. The Bertz CT molecular complexity index is 593. The van der Waals surface area contributed by atoms with Gasteiger partial charge >= 0.3 is 0 Å². The van der Waals surface area contributed by atoms with Crippen LogP contribution in [0.2, 0.25) is 0 Å². The molecule has 0 amide bonds. The maximum absolute atomic E-state index is 11.7. The summed E-state index contributed by atoms with van der Waals surface area (Å²) in [7, 11) is -2.99. The van der Waals surface area contributed by atoms with Gasteiger partial charge in [-0.1, -0.05) is 15.9 Å². The summed E-state index contributed by atoms with van der Waals surface area (Å²) in [6.07, 6.45) is 4.35. The second-order valence-corrected chi connectivity index (χ2v) is 9.98. The Kier molecular flexibility index (Phi) is 6.19. The SMILES string of the molecule is CS(=O)(=O)C1CCCC(Oc2c(Br)cc(CBr)cc2Br)C1. The lowest BCUT2D eigenvalue weighted by molar-refractivity contribution is 0.154. The van der Waals surface area contributed by atoms with Crippen molar-refractivity contribution in [2.75, 3.05) is 6.26 Å². The zero-order valence-electron chi connectivity index (χ0n) is 11.6. The van der Waals surface area contributed by atoms with Crippen molar-refractivity contribution in [2.24, 2.45) is 0 Å². The van der Waals surface area contributed by atoms with Crippen molar-refractivity contribution in [3.05, 3.63) is 26.6 Å². The molecule has 2 atom stereocenters. The third-order valence-corrected chi connectivity index (χ3v) is 7.15. The van der Waals surface area contributed by atoms with E-state index in [0.29, 0.717) is 6.42 Å². The van der Waals surface area contributed by atoms with Crippen molar-refractivity contribution < 1.29 is 13.2 Å². The van der Waals surface area contributed by atoms with Crippen LogP contribution in [0.5, 0.6) is 5.75 Å². The fourth-order valence-corrected chi connectivity index (χ4v) is 5.52. The summed E-state index contributed by atoms with van der Waals surface area (Å²) in [5, 5.41) is 0.486. The predicted molar refractivity (Wildman–Crippen MR) is 96.0 cm³/mol. The lowest BCUT2D eigenvalue weighted by Gasteiger charge is -2.29. The highest BCUT2D eigenvalue weighted by Gasteiger charge is 2.30. The highest BCUT2D eigenvalue weighted by molar-refractivity contribution is 9.11. The number of halogens is 3. The molecule has 1 aromatic rings. The van der Waals surface area contributed by atoms with Crippen molar-refractivity contribution in [1.29, 1.82) is 0 Å².